The number of aryl methyl sites for hydroxylation is 1. The second-order valence-electron chi connectivity index (χ2n) is 17.1. The number of pyridine rings is 1. The van der Waals surface area contributed by atoms with Crippen LogP contribution in [0.25, 0.3) is 111 Å². The number of imidazole rings is 2. The fourth-order valence-electron chi connectivity index (χ4n) is 9.83. The zero-order chi connectivity index (χ0) is 42.5. The van der Waals surface area contributed by atoms with Gasteiger partial charge in [0.15, 0.2) is 0 Å². The number of furan rings is 1. The molecule has 13 aromatic rings. The average molecular weight is 1010 g/mol. The molecule has 0 amide bonds. The van der Waals surface area contributed by atoms with E-state index in [-0.39, 0.29) is 20.1 Å². The maximum Gasteiger partial charge on any atom is 0.130 e. The number of aromatic nitrogens is 6. The van der Waals surface area contributed by atoms with Crippen LogP contribution in [0.15, 0.2) is 156 Å². The van der Waals surface area contributed by atoms with Gasteiger partial charge in [-0.15, -0.1) is 54.1 Å². The Labute approximate surface area is 383 Å². The summed E-state index contributed by atoms with van der Waals surface area (Å²) in [7, 11) is 2.05. The van der Waals surface area contributed by atoms with E-state index in [1.807, 2.05) is 55.7 Å². The van der Waals surface area contributed by atoms with Crippen LogP contribution in [0.2, 0.25) is 0 Å². The fourth-order valence-corrected chi connectivity index (χ4v) is 9.83. The van der Waals surface area contributed by atoms with Crippen molar-refractivity contribution in [1.82, 2.24) is 28.5 Å². The van der Waals surface area contributed by atoms with Gasteiger partial charge in [0, 0.05) is 55.2 Å². The van der Waals surface area contributed by atoms with Crippen molar-refractivity contribution in [3.8, 4) is 28.5 Å². The zero-order valence-electron chi connectivity index (χ0n) is 36.0. The van der Waals surface area contributed by atoms with Gasteiger partial charge in [-0.1, -0.05) is 105 Å². The van der Waals surface area contributed by atoms with Crippen molar-refractivity contribution in [1.29, 1.82) is 0 Å². The molecule has 0 fully saturated rings. The number of fused-ring (bicyclic) bond motifs is 12. The van der Waals surface area contributed by atoms with E-state index in [1.165, 1.54) is 22.2 Å². The first kappa shape index (κ1) is 39.7. The maximum absolute atomic E-state index is 6.76. The van der Waals surface area contributed by atoms with Gasteiger partial charge in [-0.3, -0.25) is 15.0 Å². The van der Waals surface area contributed by atoms with Crippen LogP contribution in [0.4, 0.5) is 0 Å². The molecule has 8 heteroatoms. The third kappa shape index (κ3) is 5.86. The first-order valence-electron chi connectivity index (χ1n) is 21.7. The van der Waals surface area contributed by atoms with E-state index >= 15 is 0 Å². The van der Waals surface area contributed by atoms with Gasteiger partial charge in [0.1, 0.15) is 5.58 Å². The standard InChI is InChI=1S/C31H17N4O.C25H25N2.Ir/c1-34-24-12-5-3-10-22(24)33-31(34)21-9-6-8-17-18-13-14-25-26(30(18)36-29(17)21)20-15-16-32-27-19-7-2-4-11-23(19)35(25)28(20)27;1-17(2)20-13-10-14-21(18(3)4)24(20)27-23-16-9-8-15-22(23)26-25(27)19-11-6-5-7-12-19;/h2-8,10-16H,1H3;5-11,13-18H,1-4H3;/q2*-1;. The van der Waals surface area contributed by atoms with Crippen molar-refractivity contribution >= 4 is 82.2 Å². The monoisotopic (exact) mass is 1010 g/mol. The minimum atomic E-state index is 0. The van der Waals surface area contributed by atoms with Crippen LogP contribution in [0.5, 0.6) is 0 Å². The predicted molar refractivity (Wildman–Crippen MR) is 258 cm³/mol. The summed E-state index contributed by atoms with van der Waals surface area (Å²) in [6.07, 6.45) is 1.91. The molecule has 0 saturated heterocycles. The Morgan fingerprint density at radius 1 is 0.547 bits per heavy atom. The van der Waals surface area contributed by atoms with E-state index in [1.54, 1.807) is 0 Å². The molecule has 0 atom stereocenters. The molecule has 0 aliphatic rings. The third-order valence-electron chi connectivity index (χ3n) is 12.7. The second kappa shape index (κ2) is 15.3. The van der Waals surface area contributed by atoms with Gasteiger partial charge < -0.3 is 18.0 Å². The van der Waals surface area contributed by atoms with Gasteiger partial charge in [0.2, 0.25) is 0 Å². The van der Waals surface area contributed by atoms with Crippen LogP contribution in [0.1, 0.15) is 50.7 Å². The summed E-state index contributed by atoms with van der Waals surface area (Å²) in [5, 5.41) is 5.61. The summed E-state index contributed by atoms with van der Waals surface area (Å²) in [5.41, 5.74) is 16.2. The summed E-state index contributed by atoms with van der Waals surface area (Å²) in [4.78, 5) is 14.7. The maximum atomic E-state index is 6.76. The molecule has 7 aromatic carbocycles. The number of hydrogen-bond acceptors (Lipinski definition) is 4. The Balaban J connectivity index is 0.000000147. The van der Waals surface area contributed by atoms with Gasteiger partial charge in [-0.2, -0.15) is 0 Å². The van der Waals surface area contributed by atoms with Crippen molar-refractivity contribution in [2.24, 2.45) is 7.05 Å². The molecule has 313 valence electrons. The van der Waals surface area contributed by atoms with Gasteiger partial charge in [-0.05, 0) is 65.4 Å². The van der Waals surface area contributed by atoms with Crippen molar-refractivity contribution in [3.05, 3.63) is 175 Å². The molecule has 0 aliphatic heterocycles. The quantitative estimate of drug-likeness (QED) is 0.161. The fraction of sp³-hybridized carbons (Fsp3) is 0.125. The van der Waals surface area contributed by atoms with Gasteiger partial charge >= 0.3 is 0 Å². The Hall–Kier alpha value is -7.12. The van der Waals surface area contributed by atoms with E-state index in [4.69, 9.17) is 19.4 Å². The van der Waals surface area contributed by atoms with Crippen molar-refractivity contribution in [2.75, 3.05) is 0 Å². The normalized spacial score (nSPS) is 12.0. The Bertz CT molecular complexity index is 3860. The number of hydrogen-bond donors (Lipinski definition) is 0. The number of para-hydroxylation sites is 6. The molecule has 0 bridgehead atoms. The molecule has 6 aromatic heterocycles. The van der Waals surface area contributed by atoms with Gasteiger partial charge in [0.05, 0.1) is 66.8 Å². The van der Waals surface area contributed by atoms with E-state index in [0.717, 1.165) is 99.6 Å². The molecule has 1 radical (unpaired) electrons. The van der Waals surface area contributed by atoms with Crippen LogP contribution in [0, 0.1) is 12.1 Å². The molecule has 6 heterocycles. The summed E-state index contributed by atoms with van der Waals surface area (Å²) in [6, 6.07) is 57.2. The topological polar surface area (TPSA) is 66.1 Å². The third-order valence-corrected chi connectivity index (χ3v) is 12.7. The molecule has 0 saturated carbocycles. The summed E-state index contributed by atoms with van der Waals surface area (Å²) < 4.78 is 13.5. The van der Waals surface area contributed by atoms with Crippen molar-refractivity contribution < 1.29 is 24.5 Å². The molecule has 0 spiro atoms. The number of nitrogens with zero attached hydrogens (tertiary/aromatic N) is 6. The first-order chi connectivity index (χ1) is 30.9. The summed E-state index contributed by atoms with van der Waals surface area (Å²) in [5.74, 6) is 2.65. The smallest absolute Gasteiger partial charge is 0.130 e. The molecule has 13 rings (SSSR count). The van der Waals surface area contributed by atoms with Crippen LogP contribution in [-0.4, -0.2) is 28.5 Å². The van der Waals surface area contributed by atoms with Crippen molar-refractivity contribution in [3.63, 3.8) is 0 Å². The number of benzene rings is 7. The SMILES string of the molecule is CC(C)c1cccc(C(C)C)c1-n1c(-c2[c-]cccc2)nc2ccccc21.Cn1c(-c2[c-]ccc3c2oc2c3ccc3c2c2ccnc4c5ccccc5n3c24)nc2ccccc21.[Ir]. The van der Waals surface area contributed by atoms with Gasteiger partial charge in [-0.25, -0.2) is 0 Å². The van der Waals surface area contributed by atoms with Crippen LogP contribution < -0.4 is 0 Å². The van der Waals surface area contributed by atoms with Crippen LogP contribution in [-0.2, 0) is 27.2 Å². The van der Waals surface area contributed by atoms with Crippen LogP contribution >= 0.6 is 0 Å². The second-order valence-corrected chi connectivity index (χ2v) is 17.1. The molecule has 7 nitrogen and oxygen atoms in total. The van der Waals surface area contributed by atoms with E-state index in [0.29, 0.717) is 11.8 Å². The largest absolute Gasteiger partial charge is 0.500 e. The van der Waals surface area contributed by atoms with E-state index in [9.17, 15) is 0 Å². The Kier molecular flexibility index (Phi) is 9.49. The minimum absolute atomic E-state index is 0. The Morgan fingerprint density at radius 2 is 1.22 bits per heavy atom. The summed E-state index contributed by atoms with van der Waals surface area (Å²) >= 11 is 0. The predicted octanol–water partition coefficient (Wildman–Crippen LogP) is 14.2. The van der Waals surface area contributed by atoms with Gasteiger partial charge in [0.25, 0.3) is 0 Å². The van der Waals surface area contributed by atoms with Crippen molar-refractivity contribution in [2.45, 2.75) is 39.5 Å². The minimum Gasteiger partial charge on any atom is -0.500 e. The zero-order valence-corrected chi connectivity index (χ0v) is 38.4. The molecule has 64 heavy (non-hydrogen) atoms. The average Bonchev–Trinajstić information content (AvgIpc) is 4.13. The molecular formula is C56H42IrN6O-2. The first-order valence-corrected chi connectivity index (χ1v) is 21.7. The van der Waals surface area contributed by atoms with E-state index < -0.39 is 0 Å². The van der Waals surface area contributed by atoms with E-state index in [2.05, 4.69) is 156 Å². The molecule has 0 unspecified atom stereocenters. The summed E-state index contributed by atoms with van der Waals surface area (Å²) in [6.45, 7) is 9.04. The number of rotatable bonds is 5. The molecule has 0 aliphatic carbocycles. The van der Waals surface area contributed by atoms with Crippen LogP contribution in [0.3, 0.4) is 0 Å². The molecule has 0 N–H and O–H groups in total. The molecular weight excluding hydrogens is 965 g/mol. The Morgan fingerprint density at radius 3 is 1.95 bits per heavy atom.